The second kappa shape index (κ2) is 7.81. The van der Waals surface area contributed by atoms with Crippen LogP contribution in [0.3, 0.4) is 0 Å². The highest BCUT2D eigenvalue weighted by molar-refractivity contribution is 7.89. The number of amides is 1. The average molecular weight is 395 g/mol. The third-order valence-corrected chi connectivity index (χ3v) is 6.74. The number of rotatable bonds is 6. The van der Waals surface area contributed by atoms with E-state index in [-0.39, 0.29) is 29.3 Å². The molecule has 0 unspecified atom stereocenters. The van der Waals surface area contributed by atoms with E-state index in [0.29, 0.717) is 19.4 Å². The first-order chi connectivity index (χ1) is 12.8. The maximum absolute atomic E-state index is 12.8. The van der Waals surface area contributed by atoms with E-state index in [9.17, 15) is 13.2 Å². The molecule has 1 aliphatic rings. The zero-order valence-corrected chi connectivity index (χ0v) is 16.7. The van der Waals surface area contributed by atoms with Crippen LogP contribution in [0.1, 0.15) is 38.4 Å². The van der Waals surface area contributed by atoms with Crippen LogP contribution in [0.4, 0.5) is 0 Å². The Hall–Kier alpha value is -2.20. The molecule has 1 amide bonds. The Bertz CT molecular complexity index is 903. The van der Waals surface area contributed by atoms with Gasteiger partial charge in [0.1, 0.15) is 4.90 Å². The molecule has 10 heteroatoms. The number of nitrogens with zero attached hydrogens (tertiary/aromatic N) is 5. The Balaban J connectivity index is 1.68. The third-order valence-electron chi connectivity index (χ3n) is 4.93. The minimum absolute atomic E-state index is 0.127. The lowest BCUT2D eigenvalue weighted by Crippen LogP contribution is -2.45. The van der Waals surface area contributed by atoms with Gasteiger partial charge in [0.25, 0.3) is 0 Å². The van der Waals surface area contributed by atoms with Crippen molar-refractivity contribution in [1.82, 2.24) is 29.2 Å². The lowest BCUT2D eigenvalue weighted by atomic mass is 9.98. The van der Waals surface area contributed by atoms with Crippen molar-refractivity contribution in [2.45, 2.75) is 44.2 Å². The highest BCUT2D eigenvalue weighted by Gasteiger charge is 2.34. The molecular weight excluding hydrogens is 368 g/mol. The van der Waals surface area contributed by atoms with E-state index >= 15 is 0 Å². The molecule has 1 N–H and O–H groups in total. The molecule has 1 saturated heterocycles. The fourth-order valence-corrected chi connectivity index (χ4v) is 4.95. The van der Waals surface area contributed by atoms with Crippen molar-refractivity contribution in [3.63, 3.8) is 0 Å². The van der Waals surface area contributed by atoms with Crippen LogP contribution in [0, 0.1) is 5.92 Å². The fourth-order valence-electron chi connectivity index (χ4n) is 3.44. The van der Waals surface area contributed by atoms with Crippen LogP contribution < -0.4 is 5.32 Å². The second-order valence-corrected chi connectivity index (χ2v) is 8.79. The molecule has 1 aliphatic heterocycles. The van der Waals surface area contributed by atoms with Crippen molar-refractivity contribution in [2.75, 3.05) is 13.1 Å². The van der Waals surface area contributed by atoms with E-state index in [0.717, 1.165) is 12.2 Å². The fraction of sp³-hybridized carbons (Fsp3) is 0.588. The first kappa shape index (κ1) is 19.6. The van der Waals surface area contributed by atoms with Crippen LogP contribution in [0.25, 0.3) is 0 Å². The van der Waals surface area contributed by atoms with Crippen molar-refractivity contribution >= 4 is 15.9 Å². The van der Waals surface area contributed by atoms with E-state index < -0.39 is 10.0 Å². The highest BCUT2D eigenvalue weighted by atomic mass is 32.2. The third kappa shape index (κ3) is 4.06. The molecule has 3 heterocycles. The number of piperidine rings is 1. The van der Waals surface area contributed by atoms with Crippen molar-refractivity contribution in [2.24, 2.45) is 13.0 Å². The number of carbonyl (C=O) groups is 1. The molecular formula is C17H26N6O3S. The molecule has 27 heavy (non-hydrogen) atoms. The maximum Gasteiger partial charge on any atom is 0.246 e. The number of carbonyl (C=O) groups excluding carboxylic acids is 1. The van der Waals surface area contributed by atoms with Crippen LogP contribution in [-0.2, 0) is 28.4 Å². The van der Waals surface area contributed by atoms with Crippen molar-refractivity contribution in [3.8, 4) is 0 Å². The first-order valence-corrected chi connectivity index (χ1v) is 10.6. The molecule has 0 bridgehead atoms. The van der Waals surface area contributed by atoms with Crippen molar-refractivity contribution < 1.29 is 13.2 Å². The molecule has 0 aromatic carbocycles. The average Bonchev–Trinajstić information content (AvgIpc) is 3.30. The van der Waals surface area contributed by atoms with Gasteiger partial charge >= 0.3 is 0 Å². The smallest absolute Gasteiger partial charge is 0.246 e. The van der Waals surface area contributed by atoms with Crippen LogP contribution in [0.15, 0.2) is 29.6 Å². The van der Waals surface area contributed by atoms with Gasteiger partial charge in [-0.15, -0.1) is 0 Å². The summed E-state index contributed by atoms with van der Waals surface area (Å²) in [6, 6.07) is 1.69. The second-order valence-electron chi connectivity index (χ2n) is 6.85. The monoisotopic (exact) mass is 394 g/mol. The van der Waals surface area contributed by atoms with Gasteiger partial charge in [-0.3, -0.25) is 14.2 Å². The maximum atomic E-state index is 12.8. The standard InChI is InChI=1S/C17H26N6O3S/c1-4-23-16(7-8-18-23)13(2)20-17(24)14-6-5-9-22(11-14)27(25,26)15-10-19-21(3)12-15/h7-8,10,12-14H,4-6,9,11H2,1-3H3,(H,20,24)/t13-,14-/m0/s1. The summed E-state index contributed by atoms with van der Waals surface area (Å²) in [5.74, 6) is -0.497. The number of hydrogen-bond acceptors (Lipinski definition) is 5. The quantitative estimate of drug-likeness (QED) is 0.785. The van der Waals surface area contributed by atoms with Crippen LogP contribution in [0.5, 0.6) is 0 Å². The predicted octanol–water partition coefficient (Wildman–Crippen LogP) is 0.915. The summed E-state index contributed by atoms with van der Waals surface area (Å²) < 4.78 is 30.3. The number of aromatic nitrogens is 4. The molecule has 0 saturated carbocycles. The van der Waals surface area contributed by atoms with E-state index in [4.69, 9.17) is 0 Å². The summed E-state index contributed by atoms with van der Waals surface area (Å²) in [7, 11) is -1.96. The molecule has 1 fully saturated rings. The molecule has 9 nitrogen and oxygen atoms in total. The van der Waals surface area contributed by atoms with Gasteiger partial charge in [0, 0.05) is 39.1 Å². The van der Waals surface area contributed by atoms with Gasteiger partial charge in [-0.05, 0) is 32.8 Å². The largest absolute Gasteiger partial charge is 0.348 e. The van der Waals surface area contributed by atoms with Crippen molar-refractivity contribution in [3.05, 3.63) is 30.4 Å². The number of aryl methyl sites for hydroxylation is 2. The Labute approximate surface area is 159 Å². The zero-order valence-electron chi connectivity index (χ0n) is 15.9. The van der Waals surface area contributed by atoms with E-state index in [1.165, 1.54) is 21.4 Å². The molecule has 148 valence electrons. The topological polar surface area (TPSA) is 102 Å². The molecule has 0 spiro atoms. The molecule has 2 atom stereocenters. The Morgan fingerprint density at radius 3 is 2.85 bits per heavy atom. The zero-order chi connectivity index (χ0) is 19.6. The van der Waals surface area contributed by atoms with E-state index in [1.807, 2.05) is 24.6 Å². The number of nitrogens with one attached hydrogen (secondary N) is 1. The summed E-state index contributed by atoms with van der Waals surface area (Å²) >= 11 is 0. The summed E-state index contributed by atoms with van der Waals surface area (Å²) in [5, 5.41) is 11.2. The summed E-state index contributed by atoms with van der Waals surface area (Å²) in [6.45, 7) is 5.23. The van der Waals surface area contributed by atoms with E-state index in [2.05, 4.69) is 15.5 Å². The Morgan fingerprint density at radius 1 is 1.41 bits per heavy atom. The van der Waals surface area contributed by atoms with Gasteiger partial charge in [0.15, 0.2) is 0 Å². The minimum Gasteiger partial charge on any atom is -0.348 e. The van der Waals surface area contributed by atoms with Gasteiger partial charge in [0.2, 0.25) is 15.9 Å². The number of hydrogen-bond donors (Lipinski definition) is 1. The molecule has 3 rings (SSSR count). The lowest BCUT2D eigenvalue weighted by molar-refractivity contribution is -0.126. The van der Waals surface area contributed by atoms with Crippen LogP contribution >= 0.6 is 0 Å². The first-order valence-electron chi connectivity index (χ1n) is 9.13. The summed E-state index contributed by atoms with van der Waals surface area (Å²) in [6.07, 6.45) is 5.85. The van der Waals surface area contributed by atoms with Gasteiger partial charge in [-0.2, -0.15) is 14.5 Å². The van der Waals surface area contributed by atoms with Crippen LogP contribution in [0.2, 0.25) is 0 Å². The van der Waals surface area contributed by atoms with Gasteiger partial charge < -0.3 is 5.32 Å². The van der Waals surface area contributed by atoms with Gasteiger partial charge in [-0.1, -0.05) is 0 Å². The molecule has 2 aromatic heterocycles. The predicted molar refractivity (Wildman–Crippen MR) is 99.1 cm³/mol. The minimum atomic E-state index is -3.63. The SMILES string of the molecule is CCn1nccc1[C@H](C)NC(=O)[C@H]1CCCN(S(=O)(=O)c2cnn(C)c2)C1. The Kier molecular flexibility index (Phi) is 5.66. The lowest BCUT2D eigenvalue weighted by Gasteiger charge is -2.31. The molecule has 0 radical (unpaired) electrons. The summed E-state index contributed by atoms with van der Waals surface area (Å²) in [5.41, 5.74) is 0.932. The van der Waals surface area contributed by atoms with Gasteiger partial charge in [-0.25, -0.2) is 8.42 Å². The van der Waals surface area contributed by atoms with E-state index in [1.54, 1.807) is 13.2 Å². The molecule has 0 aliphatic carbocycles. The molecule has 2 aromatic rings. The van der Waals surface area contributed by atoms with Crippen LogP contribution in [-0.4, -0.2) is 51.3 Å². The normalized spacial score (nSPS) is 19.7. The number of sulfonamides is 1. The summed E-state index contributed by atoms with van der Waals surface area (Å²) in [4.78, 5) is 12.9. The van der Waals surface area contributed by atoms with Crippen molar-refractivity contribution in [1.29, 1.82) is 0 Å². The van der Waals surface area contributed by atoms with Gasteiger partial charge in [0.05, 0.1) is 23.9 Å². The highest BCUT2D eigenvalue weighted by Crippen LogP contribution is 2.24. The Morgan fingerprint density at radius 2 is 2.19 bits per heavy atom.